The van der Waals surface area contributed by atoms with Crippen molar-refractivity contribution < 1.29 is 0 Å². The lowest BCUT2D eigenvalue weighted by Gasteiger charge is -2.39. The van der Waals surface area contributed by atoms with Gasteiger partial charge in [-0.25, -0.2) is 0 Å². The van der Waals surface area contributed by atoms with Crippen LogP contribution in [-0.4, -0.2) is 35.0 Å². The third kappa shape index (κ3) is 2.67. The zero-order valence-electron chi connectivity index (χ0n) is 12.8. The maximum absolute atomic E-state index is 9.46. The first kappa shape index (κ1) is 14.1. The Morgan fingerprint density at radius 3 is 2.76 bits per heavy atom. The molecule has 1 fully saturated rings. The standard InChI is InChI=1S/C17H22N4/c1-17(19-2)6-9-20(10-7-17)12-14-13-21-8-4-3-5-16(21)15(14)11-18/h3-5,8,13,19H,6-7,9-10,12H2,1-2H3. The molecule has 0 amide bonds. The van der Waals surface area contributed by atoms with E-state index in [0.717, 1.165) is 49.1 Å². The Hall–Kier alpha value is -1.83. The summed E-state index contributed by atoms with van der Waals surface area (Å²) in [7, 11) is 2.05. The predicted molar refractivity (Wildman–Crippen MR) is 84.1 cm³/mol. The molecule has 0 aliphatic carbocycles. The van der Waals surface area contributed by atoms with Crippen LogP contribution in [-0.2, 0) is 6.54 Å². The highest BCUT2D eigenvalue weighted by atomic mass is 15.1. The Kier molecular flexibility index (Phi) is 3.71. The van der Waals surface area contributed by atoms with E-state index in [0.29, 0.717) is 0 Å². The number of likely N-dealkylation sites (tertiary alicyclic amines) is 1. The molecule has 0 radical (unpaired) electrons. The van der Waals surface area contributed by atoms with E-state index in [1.54, 1.807) is 0 Å². The number of nitrogens with zero attached hydrogens (tertiary/aromatic N) is 3. The van der Waals surface area contributed by atoms with E-state index in [-0.39, 0.29) is 5.54 Å². The van der Waals surface area contributed by atoms with Crippen molar-refractivity contribution in [2.75, 3.05) is 20.1 Å². The fraction of sp³-hybridized carbons (Fsp3) is 0.471. The molecule has 0 saturated carbocycles. The van der Waals surface area contributed by atoms with Crippen molar-refractivity contribution in [3.8, 4) is 6.07 Å². The molecule has 4 heteroatoms. The van der Waals surface area contributed by atoms with Crippen molar-refractivity contribution in [1.29, 1.82) is 5.26 Å². The minimum Gasteiger partial charge on any atom is -0.322 e. The Bertz CT molecular complexity index is 672. The first-order valence-electron chi connectivity index (χ1n) is 7.55. The van der Waals surface area contributed by atoms with E-state index in [1.165, 1.54) is 0 Å². The second-order valence-electron chi connectivity index (χ2n) is 6.22. The summed E-state index contributed by atoms with van der Waals surface area (Å²) in [6, 6.07) is 8.37. The van der Waals surface area contributed by atoms with Crippen LogP contribution in [0.1, 0.15) is 30.9 Å². The summed E-state index contributed by atoms with van der Waals surface area (Å²) >= 11 is 0. The zero-order valence-corrected chi connectivity index (χ0v) is 12.8. The average Bonchev–Trinajstić information content (AvgIpc) is 2.87. The van der Waals surface area contributed by atoms with Gasteiger partial charge in [-0.05, 0) is 38.9 Å². The van der Waals surface area contributed by atoms with Crippen LogP contribution < -0.4 is 5.32 Å². The largest absolute Gasteiger partial charge is 0.322 e. The highest BCUT2D eigenvalue weighted by molar-refractivity contribution is 5.65. The van der Waals surface area contributed by atoms with Crippen molar-refractivity contribution in [3.05, 3.63) is 41.7 Å². The van der Waals surface area contributed by atoms with Crippen LogP contribution in [0.25, 0.3) is 5.52 Å². The second-order valence-corrected chi connectivity index (χ2v) is 6.22. The number of piperidine rings is 1. The summed E-state index contributed by atoms with van der Waals surface area (Å²) in [5.74, 6) is 0. The number of pyridine rings is 1. The monoisotopic (exact) mass is 282 g/mol. The number of hydrogen-bond donors (Lipinski definition) is 1. The van der Waals surface area contributed by atoms with Crippen LogP contribution in [0, 0.1) is 11.3 Å². The number of nitriles is 1. The van der Waals surface area contributed by atoms with Gasteiger partial charge in [-0.1, -0.05) is 6.07 Å². The maximum Gasteiger partial charge on any atom is 0.102 e. The van der Waals surface area contributed by atoms with Gasteiger partial charge in [0.15, 0.2) is 0 Å². The van der Waals surface area contributed by atoms with Gasteiger partial charge in [0.25, 0.3) is 0 Å². The summed E-state index contributed by atoms with van der Waals surface area (Å²) in [4.78, 5) is 2.45. The summed E-state index contributed by atoms with van der Waals surface area (Å²) in [6.45, 7) is 5.31. The van der Waals surface area contributed by atoms with Crippen LogP contribution in [0.5, 0.6) is 0 Å². The molecule has 1 aliphatic rings. The molecule has 3 rings (SSSR count). The molecule has 110 valence electrons. The quantitative estimate of drug-likeness (QED) is 0.940. The average molecular weight is 282 g/mol. The minimum absolute atomic E-state index is 0.264. The highest BCUT2D eigenvalue weighted by Crippen LogP contribution is 2.25. The zero-order chi connectivity index (χ0) is 14.9. The molecule has 0 atom stereocenters. The molecule has 1 N–H and O–H groups in total. The molecule has 3 heterocycles. The van der Waals surface area contributed by atoms with Crippen molar-refractivity contribution in [1.82, 2.24) is 14.6 Å². The molecule has 0 unspecified atom stereocenters. The summed E-state index contributed by atoms with van der Waals surface area (Å²) in [5, 5.41) is 12.9. The van der Waals surface area contributed by atoms with Gasteiger partial charge in [-0.3, -0.25) is 4.90 Å². The Labute approximate surface area is 126 Å². The Morgan fingerprint density at radius 2 is 2.10 bits per heavy atom. The predicted octanol–water partition coefficient (Wildman–Crippen LogP) is 2.38. The SMILES string of the molecule is CNC1(C)CCN(Cc2cn3ccccc3c2C#N)CC1. The van der Waals surface area contributed by atoms with Crippen molar-refractivity contribution in [2.24, 2.45) is 0 Å². The first-order valence-corrected chi connectivity index (χ1v) is 7.55. The second kappa shape index (κ2) is 5.51. The van der Waals surface area contributed by atoms with E-state index in [2.05, 4.69) is 33.8 Å². The molecule has 0 bridgehead atoms. The Balaban J connectivity index is 1.79. The highest BCUT2D eigenvalue weighted by Gasteiger charge is 2.28. The number of fused-ring (bicyclic) bond motifs is 1. The topological polar surface area (TPSA) is 43.5 Å². The minimum atomic E-state index is 0.264. The van der Waals surface area contributed by atoms with Crippen molar-refractivity contribution in [3.63, 3.8) is 0 Å². The normalized spacial score (nSPS) is 18.7. The van der Waals surface area contributed by atoms with Crippen LogP contribution in [0.15, 0.2) is 30.6 Å². The molecular formula is C17H22N4. The lowest BCUT2D eigenvalue weighted by atomic mass is 9.90. The molecule has 1 saturated heterocycles. The smallest absolute Gasteiger partial charge is 0.102 e. The number of aromatic nitrogens is 1. The van der Waals surface area contributed by atoms with Crippen molar-refractivity contribution in [2.45, 2.75) is 31.8 Å². The molecule has 2 aromatic heterocycles. The third-order valence-corrected chi connectivity index (χ3v) is 4.83. The van der Waals surface area contributed by atoms with Crippen LogP contribution in [0.3, 0.4) is 0 Å². The summed E-state index contributed by atoms with van der Waals surface area (Å²) in [5.41, 5.74) is 3.22. The molecule has 1 aliphatic heterocycles. The number of rotatable bonds is 3. The van der Waals surface area contributed by atoms with Crippen LogP contribution in [0.4, 0.5) is 0 Å². The van der Waals surface area contributed by atoms with E-state index in [1.807, 2.05) is 31.4 Å². The molecule has 0 aromatic carbocycles. The molecule has 2 aromatic rings. The Morgan fingerprint density at radius 1 is 1.33 bits per heavy atom. The van der Waals surface area contributed by atoms with E-state index >= 15 is 0 Å². The maximum atomic E-state index is 9.46. The molecule has 4 nitrogen and oxygen atoms in total. The van der Waals surface area contributed by atoms with E-state index in [4.69, 9.17) is 0 Å². The number of nitrogens with one attached hydrogen (secondary N) is 1. The van der Waals surface area contributed by atoms with Gasteiger partial charge in [0, 0.05) is 43.1 Å². The fourth-order valence-electron chi connectivity index (χ4n) is 3.12. The van der Waals surface area contributed by atoms with Crippen LogP contribution >= 0.6 is 0 Å². The van der Waals surface area contributed by atoms with Crippen molar-refractivity contribution >= 4 is 5.52 Å². The van der Waals surface area contributed by atoms with Gasteiger partial charge in [-0.2, -0.15) is 5.26 Å². The van der Waals surface area contributed by atoms with Gasteiger partial charge < -0.3 is 9.72 Å². The van der Waals surface area contributed by atoms with Gasteiger partial charge in [0.05, 0.1) is 11.1 Å². The lowest BCUT2D eigenvalue weighted by Crippen LogP contribution is -2.49. The van der Waals surface area contributed by atoms with Gasteiger partial charge >= 0.3 is 0 Å². The molecule has 21 heavy (non-hydrogen) atoms. The van der Waals surface area contributed by atoms with Gasteiger partial charge in [0.1, 0.15) is 6.07 Å². The van der Waals surface area contributed by atoms with E-state index < -0.39 is 0 Å². The molecule has 0 spiro atoms. The summed E-state index contributed by atoms with van der Waals surface area (Å²) < 4.78 is 2.05. The number of hydrogen-bond acceptors (Lipinski definition) is 3. The van der Waals surface area contributed by atoms with Gasteiger partial charge in [0.2, 0.25) is 0 Å². The van der Waals surface area contributed by atoms with E-state index in [9.17, 15) is 5.26 Å². The van der Waals surface area contributed by atoms with Crippen LogP contribution in [0.2, 0.25) is 0 Å². The first-order chi connectivity index (χ1) is 10.1. The van der Waals surface area contributed by atoms with Gasteiger partial charge in [-0.15, -0.1) is 0 Å². The third-order valence-electron chi connectivity index (χ3n) is 4.83. The lowest BCUT2D eigenvalue weighted by molar-refractivity contribution is 0.146. The summed E-state index contributed by atoms with van der Waals surface area (Å²) in [6.07, 6.45) is 6.41. The molecular weight excluding hydrogens is 260 g/mol. The fourth-order valence-corrected chi connectivity index (χ4v) is 3.12.